The van der Waals surface area contributed by atoms with Gasteiger partial charge in [0.1, 0.15) is 5.82 Å². The van der Waals surface area contributed by atoms with E-state index in [0.717, 1.165) is 44.7 Å². The number of hydrogen-bond acceptors (Lipinski definition) is 3. The molecule has 0 atom stereocenters. The summed E-state index contributed by atoms with van der Waals surface area (Å²) in [4.78, 5) is 6.43. The van der Waals surface area contributed by atoms with Gasteiger partial charge in [-0.2, -0.15) is 0 Å². The van der Waals surface area contributed by atoms with E-state index >= 15 is 0 Å². The molecule has 0 unspecified atom stereocenters. The molecule has 0 spiro atoms. The lowest BCUT2D eigenvalue weighted by atomic mass is 9.97. The molecule has 0 aromatic carbocycles. The van der Waals surface area contributed by atoms with Gasteiger partial charge in [-0.15, -0.1) is 0 Å². The Morgan fingerprint density at radius 2 is 2.06 bits per heavy atom. The van der Waals surface area contributed by atoms with Crippen molar-refractivity contribution in [3.05, 3.63) is 18.2 Å². The third-order valence-corrected chi connectivity index (χ3v) is 3.74. The second kappa shape index (κ2) is 6.90. The minimum absolute atomic E-state index is 0.528. The lowest BCUT2D eigenvalue weighted by molar-refractivity contribution is 0.00270. The highest BCUT2D eigenvalue weighted by Gasteiger charge is 2.23. The summed E-state index contributed by atoms with van der Waals surface area (Å²) >= 11 is 0. The molecule has 1 N–H and O–H groups in total. The number of imidazole rings is 1. The summed E-state index contributed by atoms with van der Waals surface area (Å²) < 4.78 is 2.17. The zero-order valence-electron chi connectivity index (χ0n) is 12.2. The highest BCUT2D eigenvalue weighted by atomic mass is 16.3. The zero-order valence-corrected chi connectivity index (χ0v) is 12.2. The van der Waals surface area contributed by atoms with Gasteiger partial charge in [0.05, 0.1) is 5.60 Å². The van der Waals surface area contributed by atoms with Gasteiger partial charge in [-0.05, 0) is 39.8 Å². The second-order valence-corrected chi connectivity index (χ2v) is 5.19. The van der Waals surface area contributed by atoms with E-state index in [1.807, 2.05) is 33.2 Å². The van der Waals surface area contributed by atoms with Crippen LogP contribution in [0, 0.1) is 6.92 Å². The first-order valence-electron chi connectivity index (χ1n) is 6.89. The molecule has 0 amide bonds. The van der Waals surface area contributed by atoms with Gasteiger partial charge in [0.15, 0.2) is 0 Å². The van der Waals surface area contributed by atoms with Crippen LogP contribution < -0.4 is 0 Å². The lowest BCUT2D eigenvalue weighted by Gasteiger charge is -2.30. The molecule has 1 aromatic heterocycles. The second-order valence-electron chi connectivity index (χ2n) is 5.19. The molecule has 0 aliphatic rings. The standard InChI is InChI=1S/C14H27N3O/c1-5-14(18,6-2)12-16(4)9-7-10-17-11-8-15-13(17)3/h8,11,18H,5-7,9-10,12H2,1-4H3. The molecular formula is C14H27N3O. The van der Waals surface area contributed by atoms with Crippen molar-refractivity contribution in [1.82, 2.24) is 14.5 Å². The van der Waals surface area contributed by atoms with Crippen molar-refractivity contribution in [2.24, 2.45) is 0 Å². The molecule has 0 aliphatic carbocycles. The number of aliphatic hydroxyl groups is 1. The van der Waals surface area contributed by atoms with Crippen LogP contribution in [-0.4, -0.2) is 45.3 Å². The Balaban J connectivity index is 2.29. The van der Waals surface area contributed by atoms with Gasteiger partial charge < -0.3 is 14.6 Å². The van der Waals surface area contributed by atoms with Gasteiger partial charge in [0.2, 0.25) is 0 Å². The van der Waals surface area contributed by atoms with Crippen molar-refractivity contribution >= 4 is 0 Å². The molecule has 1 aromatic rings. The minimum atomic E-state index is -0.528. The van der Waals surface area contributed by atoms with E-state index in [1.165, 1.54) is 0 Å². The van der Waals surface area contributed by atoms with Crippen LogP contribution in [0.3, 0.4) is 0 Å². The molecular weight excluding hydrogens is 226 g/mol. The van der Waals surface area contributed by atoms with E-state index in [-0.39, 0.29) is 0 Å². The van der Waals surface area contributed by atoms with Crippen LogP contribution in [0.4, 0.5) is 0 Å². The molecule has 1 rings (SSSR count). The van der Waals surface area contributed by atoms with Crippen molar-refractivity contribution in [1.29, 1.82) is 0 Å². The quantitative estimate of drug-likeness (QED) is 0.771. The van der Waals surface area contributed by atoms with Crippen molar-refractivity contribution in [3.63, 3.8) is 0 Å². The summed E-state index contributed by atoms with van der Waals surface area (Å²) in [6, 6.07) is 0. The lowest BCUT2D eigenvalue weighted by Crippen LogP contribution is -2.41. The Morgan fingerprint density at radius 1 is 1.39 bits per heavy atom. The first-order valence-corrected chi connectivity index (χ1v) is 6.89. The SMILES string of the molecule is CCC(O)(CC)CN(C)CCCn1ccnc1C. The fourth-order valence-electron chi connectivity index (χ4n) is 2.21. The third kappa shape index (κ3) is 4.42. The molecule has 0 bridgehead atoms. The summed E-state index contributed by atoms with van der Waals surface area (Å²) in [5.74, 6) is 1.07. The van der Waals surface area contributed by atoms with Crippen LogP contribution in [0.5, 0.6) is 0 Å². The molecule has 0 aliphatic heterocycles. The maximum atomic E-state index is 10.3. The Kier molecular flexibility index (Phi) is 5.82. The fraction of sp³-hybridized carbons (Fsp3) is 0.786. The number of likely N-dealkylation sites (N-methyl/N-ethyl adjacent to an activating group) is 1. The Morgan fingerprint density at radius 3 is 2.56 bits per heavy atom. The summed E-state index contributed by atoms with van der Waals surface area (Å²) in [5, 5.41) is 10.3. The molecule has 0 saturated heterocycles. The highest BCUT2D eigenvalue weighted by molar-refractivity contribution is 4.88. The Hall–Kier alpha value is -0.870. The molecule has 0 fully saturated rings. The van der Waals surface area contributed by atoms with Crippen LogP contribution >= 0.6 is 0 Å². The average Bonchev–Trinajstić information content (AvgIpc) is 2.75. The van der Waals surface area contributed by atoms with Gasteiger partial charge in [-0.3, -0.25) is 0 Å². The average molecular weight is 253 g/mol. The number of hydrogen-bond donors (Lipinski definition) is 1. The number of nitrogens with zero attached hydrogens (tertiary/aromatic N) is 3. The maximum Gasteiger partial charge on any atom is 0.105 e. The monoisotopic (exact) mass is 253 g/mol. The first-order chi connectivity index (χ1) is 8.50. The predicted octanol–water partition coefficient (Wildman–Crippen LogP) is 2.06. The van der Waals surface area contributed by atoms with Gasteiger partial charge in [0.25, 0.3) is 0 Å². The molecule has 4 nitrogen and oxygen atoms in total. The van der Waals surface area contributed by atoms with Crippen molar-refractivity contribution in [2.75, 3.05) is 20.1 Å². The van der Waals surface area contributed by atoms with Crippen LogP contribution in [-0.2, 0) is 6.54 Å². The number of aromatic nitrogens is 2. The predicted molar refractivity (Wildman–Crippen MR) is 74.6 cm³/mol. The fourth-order valence-corrected chi connectivity index (χ4v) is 2.21. The van der Waals surface area contributed by atoms with Crippen molar-refractivity contribution in [3.8, 4) is 0 Å². The smallest absolute Gasteiger partial charge is 0.105 e. The van der Waals surface area contributed by atoms with Gasteiger partial charge in [0, 0.05) is 25.5 Å². The van der Waals surface area contributed by atoms with Crippen molar-refractivity contribution < 1.29 is 5.11 Å². The van der Waals surface area contributed by atoms with Gasteiger partial charge in [-0.1, -0.05) is 13.8 Å². The Labute approximate surface area is 111 Å². The van der Waals surface area contributed by atoms with Crippen LogP contribution in [0.15, 0.2) is 12.4 Å². The van der Waals surface area contributed by atoms with Gasteiger partial charge >= 0.3 is 0 Å². The van der Waals surface area contributed by atoms with E-state index < -0.39 is 5.60 Å². The van der Waals surface area contributed by atoms with Crippen LogP contribution in [0.1, 0.15) is 38.9 Å². The molecule has 4 heteroatoms. The molecule has 0 radical (unpaired) electrons. The maximum absolute atomic E-state index is 10.3. The molecule has 1 heterocycles. The van der Waals surface area contributed by atoms with E-state index in [9.17, 15) is 5.11 Å². The summed E-state index contributed by atoms with van der Waals surface area (Å²) in [5.41, 5.74) is -0.528. The van der Waals surface area contributed by atoms with Crippen LogP contribution in [0.2, 0.25) is 0 Å². The Bertz CT molecular complexity index is 345. The summed E-state index contributed by atoms with van der Waals surface area (Å²) in [6.45, 7) is 8.87. The van der Waals surface area contributed by atoms with E-state index in [1.54, 1.807) is 0 Å². The van der Waals surface area contributed by atoms with E-state index in [2.05, 4.69) is 21.5 Å². The zero-order chi connectivity index (χ0) is 13.6. The van der Waals surface area contributed by atoms with Crippen molar-refractivity contribution in [2.45, 2.75) is 52.2 Å². The van der Waals surface area contributed by atoms with Crippen LogP contribution in [0.25, 0.3) is 0 Å². The first kappa shape index (κ1) is 15.2. The third-order valence-electron chi connectivity index (χ3n) is 3.74. The normalized spacial score (nSPS) is 12.3. The van der Waals surface area contributed by atoms with E-state index in [0.29, 0.717) is 0 Å². The minimum Gasteiger partial charge on any atom is -0.389 e. The number of aryl methyl sites for hydroxylation is 2. The number of rotatable bonds is 8. The summed E-state index contributed by atoms with van der Waals surface area (Å²) in [6.07, 6.45) is 6.57. The summed E-state index contributed by atoms with van der Waals surface area (Å²) in [7, 11) is 2.08. The molecule has 104 valence electrons. The molecule has 18 heavy (non-hydrogen) atoms. The van der Waals surface area contributed by atoms with Gasteiger partial charge in [-0.25, -0.2) is 4.98 Å². The highest BCUT2D eigenvalue weighted by Crippen LogP contribution is 2.15. The molecule has 0 saturated carbocycles. The van der Waals surface area contributed by atoms with E-state index in [4.69, 9.17) is 0 Å². The largest absolute Gasteiger partial charge is 0.389 e. The topological polar surface area (TPSA) is 41.3 Å².